The number of halogens is 1. The van der Waals surface area contributed by atoms with Crippen molar-refractivity contribution in [2.45, 2.75) is 6.54 Å². The van der Waals surface area contributed by atoms with E-state index in [1.54, 1.807) is 29.7 Å². The highest BCUT2D eigenvalue weighted by Gasteiger charge is 2.10. The van der Waals surface area contributed by atoms with Gasteiger partial charge in [-0.3, -0.25) is 4.79 Å². The second kappa shape index (κ2) is 5.29. The first kappa shape index (κ1) is 12.1. The number of carbonyl (C=O) groups excluding carboxylic acids is 1. The highest BCUT2D eigenvalue weighted by Crippen LogP contribution is 2.19. The molecule has 0 bridgehead atoms. The van der Waals surface area contributed by atoms with Crippen molar-refractivity contribution in [3.05, 3.63) is 44.8 Å². The lowest BCUT2D eigenvalue weighted by Crippen LogP contribution is -2.24. The number of nitrogens with zero attached hydrogens (tertiary/aromatic N) is 1. The molecule has 1 amide bonds. The summed E-state index contributed by atoms with van der Waals surface area (Å²) in [7, 11) is 0. The number of aromatic nitrogens is 1. The molecular weight excluding hydrogens is 302 g/mol. The molecule has 2 heterocycles. The lowest BCUT2D eigenvalue weighted by atomic mass is 10.3. The Kier molecular flexibility index (Phi) is 3.75. The summed E-state index contributed by atoms with van der Waals surface area (Å²) in [6.07, 6.45) is 1.55. The van der Waals surface area contributed by atoms with Crippen molar-refractivity contribution in [3.8, 4) is 0 Å². The highest BCUT2D eigenvalue weighted by atomic mass is 79.9. The summed E-state index contributed by atoms with van der Waals surface area (Å²) in [5.41, 5.74) is 6.32. The Balaban J connectivity index is 2.01. The Morgan fingerprint density at radius 1 is 1.59 bits per heavy atom. The first-order valence-electron chi connectivity index (χ1n) is 4.88. The van der Waals surface area contributed by atoms with Crippen LogP contribution in [0.1, 0.15) is 15.4 Å². The SMILES string of the molecule is Nc1cccnc1C(=O)NCc1cc(Br)cs1. The first-order chi connectivity index (χ1) is 8.16. The van der Waals surface area contributed by atoms with Gasteiger partial charge < -0.3 is 11.1 Å². The summed E-state index contributed by atoms with van der Waals surface area (Å²) in [5, 5.41) is 4.75. The average Bonchev–Trinajstić information content (AvgIpc) is 2.73. The fourth-order valence-corrected chi connectivity index (χ4v) is 2.70. The average molecular weight is 312 g/mol. The Bertz CT molecular complexity index is 541. The molecule has 0 saturated carbocycles. The Hall–Kier alpha value is -1.40. The second-order valence-corrected chi connectivity index (χ2v) is 5.27. The zero-order valence-electron chi connectivity index (χ0n) is 8.81. The molecule has 0 aliphatic carbocycles. The van der Waals surface area contributed by atoms with Crippen molar-refractivity contribution in [3.63, 3.8) is 0 Å². The van der Waals surface area contributed by atoms with Crippen molar-refractivity contribution in [1.82, 2.24) is 10.3 Å². The fraction of sp³-hybridized carbons (Fsp3) is 0.0909. The van der Waals surface area contributed by atoms with E-state index in [4.69, 9.17) is 5.73 Å². The number of nitrogen functional groups attached to an aromatic ring is 1. The van der Waals surface area contributed by atoms with Gasteiger partial charge in [0.15, 0.2) is 5.69 Å². The summed E-state index contributed by atoms with van der Waals surface area (Å²) in [6, 6.07) is 5.32. The lowest BCUT2D eigenvalue weighted by molar-refractivity contribution is 0.0947. The van der Waals surface area contributed by atoms with Crippen LogP contribution in [0.5, 0.6) is 0 Å². The summed E-state index contributed by atoms with van der Waals surface area (Å²) < 4.78 is 1.02. The summed E-state index contributed by atoms with van der Waals surface area (Å²) in [6.45, 7) is 0.477. The van der Waals surface area contributed by atoms with Crippen LogP contribution in [0.4, 0.5) is 5.69 Å². The number of carbonyl (C=O) groups is 1. The molecule has 0 unspecified atom stereocenters. The minimum absolute atomic E-state index is 0.257. The number of thiophene rings is 1. The molecule has 3 N–H and O–H groups in total. The van der Waals surface area contributed by atoms with E-state index >= 15 is 0 Å². The zero-order valence-corrected chi connectivity index (χ0v) is 11.2. The van der Waals surface area contributed by atoms with Crippen LogP contribution in [-0.2, 0) is 6.54 Å². The van der Waals surface area contributed by atoms with Gasteiger partial charge in [-0.05, 0) is 34.1 Å². The Morgan fingerprint density at radius 3 is 3.06 bits per heavy atom. The van der Waals surface area contributed by atoms with Gasteiger partial charge in [0, 0.05) is 20.9 Å². The molecule has 0 radical (unpaired) electrons. The van der Waals surface area contributed by atoms with Gasteiger partial charge in [-0.15, -0.1) is 11.3 Å². The molecule has 0 aliphatic rings. The van der Waals surface area contributed by atoms with E-state index in [2.05, 4.69) is 26.2 Å². The molecule has 0 aliphatic heterocycles. The van der Waals surface area contributed by atoms with Crippen LogP contribution in [0.15, 0.2) is 34.2 Å². The molecule has 2 rings (SSSR count). The van der Waals surface area contributed by atoms with Crippen molar-refractivity contribution in [2.75, 3.05) is 5.73 Å². The summed E-state index contributed by atoms with van der Waals surface area (Å²) >= 11 is 4.94. The van der Waals surface area contributed by atoms with Gasteiger partial charge in [0.1, 0.15) is 0 Å². The van der Waals surface area contributed by atoms with Gasteiger partial charge in [-0.25, -0.2) is 4.98 Å². The van der Waals surface area contributed by atoms with Crippen LogP contribution < -0.4 is 11.1 Å². The highest BCUT2D eigenvalue weighted by molar-refractivity contribution is 9.10. The number of amides is 1. The number of pyridine rings is 1. The summed E-state index contributed by atoms with van der Waals surface area (Å²) in [4.78, 5) is 16.8. The van der Waals surface area contributed by atoms with Gasteiger partial charge in [-0.2, -0.15) is 0 Å². The van der Waals surface area contributed by atoms with E-state index in [0.717, 1.165) is 9.35 Å². The molecule has 2 aromatic rings. The van der Waals surface area contributed by atoms with Gasteiger partial charge in [0.2, 0.25) is 0 Å². The lowest BCUT2D eigenvalue weighted by Gasteiger charge is -2.04. The van der Waals surface area contributed by atoms with Crippen molar-refractivity contribution in [1.29, 1.82) is 0 Å². The maximum atomic E-state index is 11.8. The molecule has 6 heteroatoms. The zero-order chi connectivity index (χ0) is 12.3. The number of nitrogens with one attached hydrogen (secondary N) is 1. The predicted molar refractivity (Wildman–Crippen MR) is 71.8 cm³/mol. The number of rotatable bonds is 3. The number of hydrogen-bond acceptors (Lipinski definition) is 4. The molecule has 17 heavy (non-hydrogen) atoms. The van der Waals surface area contributed by atoms with Crippen LogP contribution >= 0.6 is 27.3 Å². The predicted octanol–water partition coefficient (Wildman–Crippen LogP) is 2.42. The largest absolute Gasteiger partial charge is 0.397 e. The number of nitrogens with two attached hydrogens (primary N) is 1. The van der Waals surface area contributed by atoms with Crippen LogP contribution in [0, 0.1) is 0 Å². The quantitative estimate of drug-likeness (QED) is 0.914. The van der Waals surface area contributed by atoms with Gasteiger partial charge in [0.05, 0.1) is 12.2 Å². The van der Waals surface area contributed by atoms with Gasteiger partial charge >= 0.3 is 0 Å². The molecule has 0 saturated heterocycles. The standard InChI is InChI=1S/C11H10BrN3OS/c12-7-4-8(17-6-7)5-15-11(16)10-9(13)2-1-3-14-10/h1-4,6H,5,13H2,(H,15,16). The normalized spacial score (nSPS) is 10.2. The van der Waals surface area contributed by atoms with Crippen LogP contribution in [0.2, 0.25) is 0 Å². The number of anilines is 1. The molecular formula is C11H10BrN3OS. The third kappa shape index (κ3) is 3.04. The van der Waals surface area contributed by atoms with E-state index < -0.39 is 0 Å². The molecule has 0 aromatic carbocycles. The molecule has 0 fully saturated rings. The Labute approximate surface area is 111 Å². The first-order valence-corrected chi connectivity index (χ1v) is 6.55. The molecule has 0 spiro atoms. The van der Waals surface area contributed by atoms with E-state index in [-0.39, 0.29) is 11.6 Å². The topological polar surface area (TPSA) is 68.0 Å². The smallest absolute Gasteiger partial charge is 0.272 e. The summed E-state index contributed by atoms with van der Waals surface area (Å²) in [5.74, 6) is -0.257. The molecule has 88 valence electrons. The Morgan fingerprint density at radius 2 is 2.41 bits per heavy atom. The number of hydrogen-bond donors (Lipinski definition) is 2. The van der Waals surface area contributed by atoms with E-state index in [9.17, 15) is 4.79 Å². The van der Waals surface area contributed by atoms with Crippen LogP contribution in [0.25, 0.3) is 0 Å². The maximum absolute atomic E-state index is 11.8. The van der Waals surface area contributed by atoms with Crippen LogP contribution in [0.3, 0.4) is 0 Å². The van der Waals surface area contributed by atoms with E-state index in [1.807, 2.05) is 11.4 Å². The second-order valence-electron chi connectivity index (χ2n) is 3.36. The fourth-order valence-electron chi connectivity index (χ4n) is 1.31. The van der Waals surface area contributed by atoms with Crippen molar-refractivity contribution in [2.24, 2.45) is 0 Å². The van der Waals surface area contributed by atoms with Crippen LogP contribution in [-0.4, -0.2) is 10.9 Å². The maximum Gasteiger partial charge on any atom is 0.272 e. The minimum atomic E-state index is -0.257. The van der Waals surface area contributed by atoms with Gasteiger partial charge in [-0.1, -0.05) is 0 Å². The van der Waals surface area contributed by atoms with Gasteiger partial charge in [0.25, 0.3) is 5.91 Å². The minimum Gasteiger partial charge on any atom is -0.397 e. The molecule has 2 aromatic heterocycles. The molecule has 4 nitrogen and oxygen atoms in total. The molecule has 0 atom stereocenters. The third-order valence-electron chi connectivity index (χ3n) is 2.10. The van der Waals surface area contributed by atoms with Crippen molar-refractivity contribution >= 4 is 38.9 Å². The van der Waals surface area contributed by atoms with Crippen molar-refractivity contribution < 1.29 is 4.79 Å². The van der Waals surface area contributed by atoms with E-state index in [0.29, 0.717) is 12.2 Å². The third-order valence-corrected chi connectivity index (χ3v) is 3.80. The monoisotopic (exact) mass is 311 g/mol. The van der Waals surface area contributed by atoms with E-state index in [1.165, 1.54) is 0 Å².